The summed E-state index contributed by atoms with van der Waals surface area (Å²) >= 11 is 0. The molecule has 9 heteroatoms. The van der Waals surface area contributed by atoms with Crippen LogP contribution >= 0.6 is 0 Å². The lowest BCUT2D eigenvalue weighted by molar-refractivity contribution is -0.141. The number of rotatable bonds is 5. The maximum absolute atomic E-state index is 13.6. The molecular formula is C23H17F4NO4. The largest absolute Gasteiger partial charge is 0.481 e. The zero-order valence-electron chi connectivity index (χ0n) is 16.6. The van der Waals surface area contributed by atoms with Gasteiger partial charge in [0.05, 0.1) is 6.42 Å². The van der Waals surface area contributed by atoms with Gasteiger partial charge in [0, 0.05) is 30.7 Å². The molecule has 0 aliphatic carbocycles. The smallest absolute Gasteiger partial charge is 0.303 e. The second-order valence-corrected chi connectivity index (χ2v) is 7.16. The maximum Gasteiger partial charge on any atom is 0.303 e. The summed E-state index contributed by atoms with van der Waals surface area (Å²) in [6.07, 6.45) is 1.87. The number of carbonyl (C=O) groups excluding carboxylic acids is 2. The van der Waals surface area contributed by atoms with Crippen molar-refractivity contribution in [1.29, 1.82) is 0 Å². The van der Waals surface area contributed by atoms with E-state index < -0.39 is 47.3 Å². The monoisotopic (exact) mass is 447 g/mol. The van der Waals surface area contributed by atoms with E-state index in [1.807, 2.05) is 0 Å². The molecule has 3 rings (SSSR count). The number of ketones is 1. The maximum atomic E-state index is 13.6. The summed E-state index contributed by atoms with van der Waals surface area (Å²) < 4.78 is 53.5. The van der Waals surface area contributed by atoms with Crippen molar-refractivity contribution in [2.24, 2.45) is 0 Å². The van der Waals surface area contributed by atoms with Gasteiger partial charge in [-0.05, 0) is 47.5 Å². The molecule has 5 nitrogen and oxygen atoms in total. The summed E-state index contributed by atoms with van der Waals surface area (Å²) in [5.41, 5.74) is 0.498. The van der Waals surface area contributed by atoms with Crippen molar-refractivity contribution in [2.75, 3.05) is 13.1 Å². The SMILES string of the molecule is O=C(O)CCC(=O)N1C/C(=C\c2ccc(F)c(F)c2)C(=O)/C(=C/c2ccc(F)c(F)c2)C1. The summed E-state index contributed by atoms with van der Waals surface area (Å²) in [5, 5.41) is 8.81. The van der Waals surface area contributed by atoms with Gasteiger partial charge >= 0.3 is 5.97 Å². The highest BCUT2D eigenvalue weighted by Gasteiger charge is 2.29. The molecule has 0 unspecified atom stereocenters. The summed E-state index contributed by atoms with van der Waals surface area (Å²) in [6.45, 7) is -0.350. The Kier molecular flexibility index (Phi) is 6.87. The molecule has 0 bridgehead atoms. The standard InChI is InChI=1S/C23H17F4NO4/c24-17-3-1-13(9-19(17)26)7-15-11-28(21(29)5-6-22(30)31)12-16(23(15)32)8-14-2-4-18(25)20(27)10-14/h1-4,7-10H,5-6,11-12H2,(H,30,31)/b15-7+,16-8+. The number of benzene rings is 2. The quantitative estimate of drug-likeness (QED) is 0.556. The Balaban J connectivity index is 1.98. The average Bonchev–Trinajstić information content (AvgIpc) is 2.74. The second-order valence-electron chi connectivity index (χ2n) is 7.16. The topological polar surface area (TPSA) is 74.7 Å². The van der Waals surface area contributed by atoms with Crippen molar-refractivity contribution in [1.82, 2.24) is 4.90 Å². The summed E-state index contributed by atoms with van der Waals surface area (Å²) in [6, 6.07) is 6.07. The summed E-state index contributed by atoms with van der Waals surface area (Å²) in [4.78, 5) is 37.5. The van der Waals surface area contributed by atoms with Crippen LogP contribution in [-0.2, 0) is 14.4 Å². The lowest BCUT2D eigenvalue weighted by Crippen LogP contribution is -2.41. The third-order valence-corrected chi connectivity index (χ3v) is 4.78. The van der Waals surface area contributed by atoms with Crippen molar-refractivity contribution in [3.63, 3.8) is 0 Å². The zero-order chi connectivity index (χ0) is 23.4. The minimum atomic E-state index is -1.17. The molecule has 0 saturated carbocycles. The molecule has 1 amide bonds. The van der Waals surface area contributed by atoms with Crippen LogP contribution in [-0.4, -0.2) is 40.8 Å². The van der Waals surface area contributed by atoms with E-state index in [4.69, 9.17) is 5.11 Å². The van der Waals surface area contributed by atoms with Crippen molar-refractivity contribution in [2.45, 2.75) is 12.8 Å². The summed E-state index contributed by atoms with van der Waals surface area (Å²) in [7, 11) is 0. The highest BCUT2D eigenvalue weighted by molar-refractivity contribution is 6.15. The van der Waals surface area contributed by atoms with Gasteiger partial charge in [-0.1, -0.05) is 12.1 Å². The third-order valence-electron chi connectivity index (χ3n) is 4.78. The van der Waals surface area contributed by atoms with Gasteiger partial charge in [-0.15, -0.1) is 0 Å². The molecule has 0 spiro atoms. The van der Waals surface area contributed by atoms with Gasteiger partial charge in [0.25, 0.3) is 0 Å². The first-order valence-electron chi connectivity index (χ1n) is 9.49. The molecule has 2 aromatic rings. The molecule has 1 aliphatic heterocycles. The first-order valence-corrected chi connectivity index (χ1v) is 9.49. The van der Waals surface area contributed by atoms with E-state index in [9.17, 15) is 31.9 Å². The van der Waals surface area contributed by atoms with Crippen LogP contribution in [0.1, 0.15) is 24.0 Å². The van der Waals surface area contributed by atoms with Crippen LogP contribution < -0.4 is 0 Å². The number of likely N-dealkylation sites (tertiary alicyclic amines) is 1. The Morgan fingerprint density at radius 3 is 1.69 bits per heavy atom. The minimum absolute atomic E-state index is 0.0692. The molecule has 32 heavy (non-hydrogen) atoms. The minimum Gasteiger partial charge on any atom is -0.481 e. The van der Waals surface area contributed by atoms with Crippen LogP contribution in [0.3, 0.4) is 0 Å². The highest BCUT2D eigenvalue weighted by Crippen LogP contribution is 2.24. The van der Waals surface area contributed by atoms with Crippen LogP contribution in [0.15, 0.2) is 47.5 Å². The van der Waals surface area contributed by atoms with Crippen molar-refractivity contribution in [3.8, 4) is 0 Å². The van der Waals surface area contributed by atoms with Crippen LogP contribution in [0.5, 0.6) is 0 Å². The van der Waals surface area contributed by atoms with E-state index in [1.165, 1.54) is 29.2 Å². The van der Waals surface area contributed by atoms with Crippen LogP contribution in [0.25, 0.3) is 12.2 Å². The number of hydrogen-bond acceptors (Lipinski definition) is 3. The van der Waals surface area contributed by atoms with E-state index in [-0.39, 0.29) is 41.8 Å². The molecule has 0 aromatic heterocycles. The Hall–Kier alpha value is -3.75. The van der Waals surface area contributed by atoms with Gasteiger partial charge in [0.1, 0.15) is 0 Å². The molecular weight excluding hydrogens is 430 g/mol. The molecule has 166 valence electrons. The molecule has 1 N–H and O–H groups in total. The fourth-order valence-electron chi connectivity index (χ4n) is 3.19. The van der Waals surface area contributed by atoms with Gasteiger partial charge in [-0.3, -0.25) is 14.4 Å². The first-order chi connectivity index (χ1) is 15.1. The number of Topliss-reactive ketones (excluding diaryl/α,β-unsaturated/α-hetero) is 1. The van der Waals surface area contributed by atoms with E-state index in [1.54, 1.807) is 0 Å². The predicted molar refractivity (Wildman–Crippen MR) is 107 cm³/mol. The van der Waals surface area contributed by atoms with Crippen LogP contribution in [0.2, 0.25) is 0 Å². The van der Waals surface area contributed by atoms with E-state index in [0.29, 0.717) is 0 Å². The lowest BCUT2D eigenvalue weighted by Gasteiger charge is -2.30. The Bertz CT molecular complexity index is 1080. The molecule has 2 aromatic carbocycles. The molecule has 0 atom stereocenters. The number of hydrogen-bond donors (Lipinski definition) is 1. The molecule has 1 heterocycles. The number of amides is 1. The molecule has 1 aliphatic rings. The van der Waals surface area contributed by atoms with Gasteiger partial charge in [-0.2, -0.15) is 0 Å². The lowest BCUT2D eigenvalue weighted by atomic mass is 9.94. The van der Waals surface area contributed by atoms with Gasteiger partial charge in [0.15, 0.2) is 29.1 Å². The Morgan fingerprint density at radius 1 is 0.812 bits per heavy atom. The second kappa shape index (κ2) is 9.59. The van der Waals surface area contributed by atoms with E-state index in [0.717, 1.165) is 24.3 Å². The highest BCUT2D eigenvalue weighted by atomic mass is 19.2. The number of carbonyl (C=O) groups is 3. The van der Waals surface area contributed by atoms with Gasteiger partial charge in [0.2, 0.25) is 5.91 Å². The fourth-order valence-corrected chi connectivity index (χ4v) is 3.19. The number of piperidine rings is 1. The molecule has 0 radical (unpaired) electrons. The van der Waals surface area contributed by atoms with Crippen molar-refractivity contribution >= 4 is 29.8 Å². The molecule has 1 fully saturated rings. The van der Waals surface area contributed by atoms with E-state index in [2.05, 4.69) is 0 Å². The number of halogens is 4. The van der Waals surface area contributed by atoms with Crippen LogP contribution in [0.4, 0.5) is 17.6 Å². The number of carboxylic acids is 1. The summed E-state index contributed by atoms with van der Waals surface area (Å²) in [5.74, 6) is -6.57. The predicted octanol–water partition coefficient (Wildman–Crippen LogP) is 3.99. The molecule has 1 saturated heterocycles. The fraction of sp³-hybridized carbons (Fsp3) is 0.174. The average molecular weight is 447 g/mol. The Morgan fingerprint density at radius 2 is 1.28 bits per heavy atom. The normalized spacial score (nSPS) is 16.6. The number of aliphatic carboxylic acids is 1. The van der Waals surface area contributed by atoms with E-state index >= 15 is 0 Å². The number of nitrogens with zero attached hydrogens (tertiary/aromatic N) is 1. The Labute approximate surface area is 180 Å². The van der Waals surface area contributed by atoms with Gasteiger partial charge in [-0.25, -0.2) is 17.6 Å². The first kappa shape index (κ1) is 22.9. The van der Waals surface area contributed by atoms with Crippen molar-refractivity contribution in [3.05, 3.63) is 81.9 Å². The third kappa shape index (κ3) is 5.48. The number of carboxylic acid groups (broad SMARTS) is 1. The zero-order valence-corrected chi connectivity index (χ0v) is 16.6. The van der Waals surface area contributed by atoms with Crippen molar-refractivity contribution < 1.29 is 37.1 Å². The van der Waals surface area contributed by atoms with Crippen LogP contribution in [0, 0.1) is 23.3 Å². The van der Waals surface area contributed by atoms with Gasteiger partial charge < -0.3 is 10.0 Å².